The summed E-state index contributed by atoms with van der Waals surface area (Å²) in [5.74, 6) is -1.15. The van der Waals surface area contributed by atoms with Crippen LogP contribution in [0.3, 0.4) is 0 Å². The predicted molar refractivity (Wildman–Crippen MR) is 60.8 cm³/mol. The molecule has 96 valence electrons. The molecule has 7 heteroatoms. The van der Waals surface area contributed by atoms with E-state index in [2.05, 4.69) is 4.72 Å². The van der Waals surface area contributed by atoms with Gasteiger partial charge in [-0.05, 0) is 26.0 Å². The maximum Gasteiger partial charge on any atom is 0.310 e. The highest BCUT2D eigenvalue weighted by Crippen LogP contribution is 2.17. The van der Waals surface area contributed by atoms with Crippen molar-refractivity contribution < 1.29 is 22.7 Å². The molecule has 0 amide bonds. The number of furan rings is 1. The number of aliphatic carboxylic acids is 1. The highest BCUT2D eigenvalue weighted by atomic mass is 32.2. The second-order valence-electron chi connectivity index (χ2n) is 4.35. The van der Waals surface area contributed by atoms with Gasteiger partial charge in [0.15, 0.2) is 0 Å². The number of nitrogens with one attached hydrogen (secondary N) is 1. The zero-order chi connectivity index (χ0) is 13.1. The molecule has 1 aromatic heterocycles. The Hall–Kier alpha value is -1.34. The van der Waals surface area contributed by atoms with E-state index in [1.807, 2.05) is 0 Å². The molecule has 0 atom stereocenters. The SMILES string of the molecule is CC(C)(CS(=O)(=O)NCc1ccco1)C(=O)O. The number of hydrogen-bond donors (Lipinski definition) is 2. The van der Waals surface area contributed by atoms with Crippen molar-refractivity contribution in [1.29, 1.82) is 0 Å². The van der Waals surface area contributed by atoms with Crippen LogP contribution in [0.25, 0.3) is 0 Å². The van der Waals surface area contributed by atoms with E-state index in [0.717, 1.165) is 0 Å². The molecule has 0 aliphatic carbocycles. The van der Waals surface area contributed by atoms with E-state index in [1.165, 1.54) is 20.1 Å². The molecule has 6 nitrogen and oxygen atoms in total. The molecule has 0 radical (unpaired) electrons. The van der Waals surface area contributed by atoms with Crippen LogP contribution in [-0.4, -0.2) is 25.2 Å². The number of sulfonamides is 1. The van der Waals surface area contributed by atoms with Crippen LogP contribution in [0, 0.1) is 5.41 Å². The Balaban J connectivity index is 2.61. The Morgan fingerprint density at radius 3 is 2.65 bits per heavy atom. The number of carbonyl (C=O) groups is 1. The third-order valence-electron chi connectivity index (χ3n) is 2.18. The van der Waals surface area contributed by atoms with E-state index in [9.17, 15) is 13.2 Å². The molecule has 1 rings (SSSR count). The molecule has 1 aromatic rings. The summed E-state index contributed by atoms with van der Waals surface area (Å²) in [6.45, 7) is 2.74. The maximum absolute atomic E-state index is 11.6. The Kier molecular flexibility index (Phi) is 3.94. The minimum atomic E-state index is -3.65. The molecule has 0 unspecified atom stereocenters. The molecule has 2 N–H and O–H groups in total. The molecule has 0 fully saturated rings. The number of rotatable bonds is 6. The monoisotopic (exact) mass is 261 g/mol. The van der Waals surface area contributed by atoms with Gasteiger partial charge in [0.05, 0.1) is 24.0 Å². The van der Waals surface area contributed by atoms with Crippen molar-refractivity contribution in [2.45, 2.75) is 20.4 Å². The first-order valence-corrected chi connectivity index (χ1v) is 6.61. The van der Waals surface area contributed by atoms with E-state index >= 15 is 0 Å². The van der Waals surface area contributed by atoms with E-state index in [4.69, 9.17) is 9.52 Å². The largest absolute Gasteiger partial charge is 0.481 e. The Bertz CT molecular complexity index is 475. The van der Waals surface area contributed by atoms with E-state index in [1.54, 1.807) is 12.1 Å². The fourth-order valence-corrected chi connectivity index (χ4v) is 2.72. The predicted octanol–water partition coefficient (Wildman–Crippen LogP) is 0.810. The maximum atomic E-state index is 11.6. The summed E-state index contributed by atoms with van der Waals surface area (Å²) in [6, 6.07) is 3.27. The van der Waals surface area contributed by atoms with Crippen molar-refractivity contribution in [2.75, 3.05) is 5.75 Å². The standard InChI is InChI=1S/C10H15NO5S/c1-10(2,9(12)13)7-17(14,15)11-6-8-4-3-5-16-8/h3-5,11H,6-7H2,1-2H3,(H,12,13). The van der Waals surface area contributed by atoms with Crippen LogP contribution in [0.5, 0.6) is 0 Å². The summed E-state index contributed by atoms with van der Waals surface area (Å²) in [6.07, 6.45) is 1.44. The zero-order valence-corrected chi connectivity index (χ0v) is 10.5. The van der Waals surface area contributed by atoms with Gasteiger partial charge in [0.2, 0.25) is 10.0 Å². The van der Waals surface area contributed by atoms with Crippen molar-refractivity contribution in [3.8, 4) is 0 Å². The fourth-order valence-electron chi connectivity index (χ4n) is 1.18. The van der Waals surface area contributed by atoms with Gasteiger partial charge in [-0.25, -0.2) is 13.1 Å². The Morgan fingerprint density at radius 1 is 1.53 bits per heavy atom. The van der Waals surface area contributed by atoms with Crippen molar-refractivity contribution in [1.82, 2.24) is 4.72 Å². The third-order valence-corrected chi connectivity index (χ3v) is 3.86. The summed E-state index contributed by atoms with van der Waals surface area (Å²) < 4.78 is 30.5. The molecule has 0 spiro atoms. The van der Waals surface area contributed by atoms with Crippen LogP contribution in [0.15, 0.2) is 22.8 Å². The van der Waals surface area contributed by atoms with E-state index in [0.29, 0.717) is 5.76 Å². The molecule has 0 bridgehead atoms. The van der Waals surface area contributed by atoms with E-state index in [-0.39, 0.29) is 6.54 Å². The highest BCUT2D eigenvalue weighted by Gasteiger charge is 2.33. The van der Waals surface area contributed by atoms with Gasteiger partial charge in [-0.2, -0.15) is 0 Å². The lowest BCUT2D eigenvalue weighted by atomic mass is 9.97. The van der Waals surface area contributed by atoms with Crippen molar-refractivity contribution in [3.05, 3.63) is 24.2 Å². The quantitative estimate of drug-likeness (QED) is 0.789. The van der Waals surface area contributed by atoms with Gasteiger partial charge in [0.25, 0.3) is 0 Å². The van der Waals surface area contributed by atoms with Gasteiger partial charge < -0.3 is 9.52 Å². The molecule has 17 heavy (non-hydrogen) atoms. The van der Waals surface area contributed by atoms with Crippen LogP contribution in [-0.2, 0) is 21.4 Å². The van der Waals surface area contributed by atoms with Crippen LogP contribution >= 0.6 is 0 Å². The first-order chi connectivity index (χ1) is 7.73. The lowest BCUT2D eigenvalue weighted by Gasteiger charge is -2.18. The third kappa shape index (κ3) is 4.20. The van der Waals surface area contributed by atoms with Gasteiger partial charge >= 0.3 is 5.97 Å². The first-order valence-electron chi connectivity index (χ1n) is 4.96. The van der Waals surface area contributed by atoms with Gasteiger partial charge in [0.1, 0.15) is 5.76 Å². The normalized spacial score (nSPS) is 12.6. The molecule has 0 aliphatic heterocycles. The van der Waals surface area contributed by atoms with Crippen LogP contribution in [0.1, 0.15) is 19.6 Å². The second kappa shape index (κ2) is 4.89. The molecular formula is C10H15NO5S. The molecule has 0 saturated carbocycles. The topological polar surface area (TPSA) is 96.6 Å². The van der Waals surface area contributed by atoms with E-state index < -0.39 is 27.2 Å². The fraction of sp³-hybridized carbons (Fsp3) is 0.500. The molecule has 1 heterocycles. The minimum absolute atomic E-state index is 0.0189. The Labute approximate surface area is 99.7 Å². The van der Waals surface area contributed by atoms with Crippen LogP contribution in [0.2, 0.25) is 0 Å². The van der Waals surface area contributed by atoms with Crippen molar-refractivity contribution >= 4 is 16.0 Å². The molecular weight excluding hydrogens is 246 g/mol. The number of hydrogen-bond acceptors (Lipinski definition) is 4. The molecule has 0 aromatic carbocycles. The minimum Gasteiger partial charge on any atom is -0.481 e. The van der Waals surface area contributed by atoms with Crippen molar-refractivity contribution in [3.63, 3.8) is 0 Å². The molecule has 0 saturated heterocycles. The van der Waals surface area contributed by atoms with Crippen molar-refractivity contribution in [2.24, 2.45) is 5.41 Å². The molecule has 0 aliphatic rings. The lowest BCUT2D eigenvalue weighted by Crippen LogP contribution is -2.37. The number of carboxylic acid groups (broad SMARTS) is 1. The lowest BCUT2D eigenvalue weighted by molar-refractivity contribution is -0.145. The van der Waals surface area contributed by atoms with Gasteiger partial charge in [0, 0.05) is 0 Å². The number of carboxylic acids is 1. The zero-order valence-electron chi connectivity index (χ0n) is 9.63. The van der Waals surface area contributed by atoms with Gasteiger partial charge in [-0.15, -0.1) is 0 Å². The summed E-state index contributed by atoms with van der Waals surface area (Å²) in [4.78, 5) is 10.8. The van der Waals surface area contributed by atoms with Gasteiger partial charge in [-0.3, -0.25) is 4.79 Å². The average Bonchev–Trinajstić information content (AvgIpc) is 2.65. The average molecular weight is 261 g/mol. The summed E-state index contributed by atoms with van der Waals surface area (Å²) in [5.41, 5.74) is -1.32. The van der Waals surface area contributed by atoms with Crippen LogP contribution in [0.4, 0.5) is 0 Å². The second-order valence-corrected chi connectivity index (χ2v) is 6.16. The Morgan fingerprint density at radius 2 is 2.18 bits per heavy atom. The smallest absolute Gasteiger partial charge is 0.310 e. The first kappa shape index (κ1) is 13.7. The highest BCUT2D eigenvalue weighted by molar-refractivity contribution is 7.89. The summed E-state index contributed by atoms with van der Waals surface area (Å²) in [5, 5.41) is 8.85. The summed E-state index contributed by atoms with van der Waals surface area (Å²) in [7, 11) is -3.65. The van der Waals surface area contributed by atoms with Crippen LogP contribution < -0.4 is 4.72 Å². The van der Waals surface area contributed by atoms with Gasteiger partial charge in [-0.1, -0.05) is 0 Å². The summed E-state index contributed by atoms with van der Waals surface area (Å²) >= 11 is 0.